The van der Waals surface area contributed by atoms with Crippen molar-refractivity contribution in [2.75, 3.05) is 11.9 Å². The molecule has 4 heterocycles. The molecule has 0 aliphatic carbocycles. The van der Waals surface area contributed by atoms with Crippen molar-refractivity contribution < 1.29 is 9.53 Å². The molecule has 1 aromatic carbocycles. The van der Waals surface area contributed by atoms with Gasteiger partial charge in [0.2, 0.25) is 5.88 Å². The molecule has 1 amide bonds. The third kappa shape index (κ3) is 3.63. The normalized spacial score (nSPS) is 12.9. The number of aromatic nitrogens is 4. The first-order chi connectivity index (χ1) is 15.2. The van der Waals surface area contributed by atoms with Gasteiger partial charge in [-0.2, -0.15) is 0 Å². The number of nitrogens with one attached hydrogen (secondary N) is 2. The molecule has 3 aromatic heterocycles. The van der Waals surface area contributed by atoms with Crippen molar-refractivity contribution in [2.45, 2.75) is 13.2 Å². The first-order valence-corrected chi connectivity index (χ1v) is 10.1. The van der Waals surface area contributed by atoms with Crippen LogP contribution in [-0.2, 0) is 20.2 Å². The highest BCUT2D eigenvalue weighted by molar-refractivity contribution is 6.04. The summed E-state index contributed by atoms with van der Waals surface area (Å²) in [5.74, 6) is 0.431. The van der Waals surface area contributed by atoms with E-state index in [1.165, 1.54) is 0 Å². The summed E-state index contributed by atoms with van der Waals surface area (Å²) in [5, 5.41) is 10.7. The van der Waals surface area contributed by atoms with Crippen LogP contribution >= 0.6 is 0 Å². The number of aryl methyl sites for hydroxylation is 1. The van der Waals surface area contributed by atoms with Gasteiger partial charge in [-0.3, -0.25) is 14.5 Å². The number of ether oxygens (including phenoxy) is 1. The zero-order chi connectivity index (χ0) is 21.2. The second-order valence-corrected chi connectivity index (χ2v) is 7.30. The summed E-state index contributed by atoms with van der Waals surface area (Å²) in [6.45, 7) is 1.51. The molecule has 5 rings (SSSR count). The van der Waals surface area contributed by atoms with E-state index < -0.39 is 0 Å². The van der Waals surface area contributed by atoms with Crippen LogP contribution in [0.15, 0.2) is 67.1 Å². The van der Waals surface area contributed by atoms with Crippen LogP contribution in [0, 0.1) is 0 Å². The Kier molecular flexibility index (Phi) is 4.87. The van der Waals surface area contributed by atoms with Crippen molar-refractivity contribution in [3.63, 3.8) is 0 Å². The zero-order valence-electron chi connectivity index (χ0n) is 17.1. The molecule has 31 heavy (non-hydrogen) atoms. The van der Waals surface area contributed by atoms with Gasteiger partial charge >= 0.3 is 0 Å². The van der Waals surface area contributed by atoms with Crippen LogP contribution in [0.1, 0.15) is 16.2 Å². The van der Waals surface area contributed by atoms with Gasteiger partial charge in [0.1, 0.15) is 12.3 Å². The number of anilines is 2. The Morgan fingerprint density at radius 1 is 1.13 bits per heavy atom. The molecule has 156 valence electrons. The van der Waals surface area contributed by atoms with Crippen LogP contribution in [0.5, 0.6) is 5.88 Å². The molecular weight excluding hydrogens is 392 g/mol. The van der Waals surface area contributed by atoms with Crippen LogP contribution in [0.2, 0.25) is 0 Å². The molecule has 2 N–H and O–H groups in total. The van der Waals surface area contributed by atoms with Crippen LogP contribution in [-0.4, -0.2) is 31.8 Å². The largest absolute Gasteiger partial charge is 0.470 e. The average Bonchev–Trinajstić information content (AvgIpc) is 3.35. The molecule has 4 aromatic rings. The third-order valence-electron chi connectivity index (χ3n) is 5.27. The Morgan fingerprint density at radius 3 is 2.68 bits per heavy atom. The maximum Gasteiger partial charge on any atom is 0.270 e. The van der Waals surface area contributed by atoms with E-state index in [-0.39, 0.29) is 12.5 Å². The highest BCUT2D eigenvalue weighted by Crippen LogP contribution is 2.40. The van der Waals surface area contributed by atoms with Gasteiger partial charge in [0.25, 0.3) is 5.91 Å². The quantitative estimate of drug-likeness (QED) is 0.505. The van der Waals surface area contributed by atoms with E-state index in [9.17, 15) is 4.79 Å². The number of fused-ring (bicyclic) bond motifs is 1. The molecule has 0 saturated carbocycles. The molecular formula is C23H22N6O2. The summed E-state index contributed by atoms with van der Waals surface area (Å²) in [7, 11) is 1.85. The molecule has 8 heteroatoms. The molecule has 1 aliphatic heterocycles. The standard InChI is InChI=1S/C23H22N6O2/c1-28-13-9-19(27-28)31-15-18-20(16-7-10-24-11-8-16)21(26-17-5-3-2-4-6-17)22-23(30)25-12-14-29(18)22/h2-11,13,26H,12,14-15H2,1H3,(H,25,30). The molecule has 0 fully saturated rings. The monoisotopic (exact) mass is 414 g/mol. The maximum absolute atomic E-state index is 12.9. The lowest BCUT2D eigenvalue weighted by molar-refractivity contribution is 0.0927. The molecule has 8 nitrogen and oxygen atoms in total. The molecule has 0 radical (unpaired) electrons. The molecule has 1 aliphatic rings. The summed E-state index contributed by atoms with van der Waals surface area (Å²) in [4.78, 5) is 17.1. The number of carbonyl (C=O) groups is 1. The number of para-hydroxylation sites is 1. The fraction of sp³-hybridized carbons (Fsp3) is 0.174. The van der Waals surface area contributed by atoms with Crippen molar-refractivity contribution in [3.8, 4) is 17.0 Å². The fourth-order valence-electron chi connectivity index (χ4n) is 3.90. The minimum atomic E-state index is -0.107. The third-order valence-corrected chi connectivity index (χ3v) is 5.27. The maximum atomic E-state index is 12.9. The predicted octanol–water partition coefficient (Wildman–Crippen LogP) is 3.35. The average molecular weight is 414 g/mol. The summed E-state index contributed by atoms with van der Waals surface area (Å²) in [5.41, 5.74) is 5.06. The topological polar surface area (TPSA) is 86.0 Å². The molecule has 0 saturated heterocycles. The van der Waals surface area contributed by atoms with Gasteiger partial charge in [0, 0.05) is 56.0 Å². The smallest absolute Gasteiger partial charge is 0.270 e. The Morgan fingerprint density at radius 2 is 1.94 bits per heavy atom. The Bertz CT molecular complexity index is 1210. The minimum absolute atomic E-state index is 0.107. The number of amides is 1. The van der Waals surface area contributed by atoms with Crippen LogP contribution in [0.4, 0.5) is 11.4 Å². The Labute approximate surface area is 179 Å². The lowest BCUT2D eigenvalue weighted by Gasteiger charge is -2.19. The molecule has 0 bridgehead atoms. The van der Waals surface area contributed by atoms with Gasteiger partial charge in [-0.15, -0.1) is 5.10 Å². The van der Waals surface area contributed by atoms with Gasteiger partial charge in [-0.05, 0) is 29.8 Å². The fourth-order valence-corrected chi connectivity index (χ4v) is 3.90. The SMILES string of the molecule is Cn1ccc(OCc2c(-c3ccncc3)c(Nc3ccccc3)c3n2CCNC3=O)n1. The van der Waals surface area contributed by atoms with Crippen LogP contribution in [0.3, 0.4) is 0 Å². The second-order valence-electron chi connectivity index (χ2n) is 7.30. The van der Waals surface area contributed by atoms with Crippen molar-refractivity contribution in [2.24, 2.45) is 7.05 Å². The molecule has 0 unspecified atom stereocenters. The highest BCUT2D eigenvalue weighted by Gasteiger charge is 2.30. The van der Waals surface area contributed by atoms with Gasteiger partial charge in [0.15, 0.2) is 0 Å². The number of rotatable bonds is 6. The van der Waals surface area contributed by atoms with Gasteiger partial charge in [0.05, 0.1) is 11.4 Å². The van der Waals surface area contributed by atoms with Gasteiger partial charge in [-0.25, -0.2) is 0 Å². The van der Waals surface area contributed by atoms with E-state index in [1.807, 2.05) is 66.3 Å². The number of hydrogen-bond acceptors (Lipinski definition) is 5. The first-order valence-electron chi connectivity index (χ1n) is 10.1. The molecule has 0 spiro atoms. The summed E-state index contributed by atoms with van der Waals surface area (Å²) < 4.78 is 9.75. The van der Waals surface area contributed by atoms with E-state index in [0.29, 0.717) is 24.7 Å². The lowest BCUT2D eigenvalue weighted by atomic mass is 10.0. The van der Waals surface area contributed by atoms with Crippen molar-refractivity contribution >= 4 is 17.3 Å². The summed E-state index contributed by atoms with van der Waals surface area (Å²) in [6.07, 6.45) is 5.34. The zero-order valence-corrected chi connectivity index (χ0v) is 17.1. The lowest BCUT2D eigenvalue weighted by Crippen LogP contribution is -2.36. The van der Waals surface area contributed by atoms with Crippen molar-refractivity contribution in [1.82, 2.24) is 24.6 Å². The van der Waals surface area contributed by atoms with Gasteiger partial charge < -0.3 is 19.9 Å². The second kappa shape index (κ2) is 7.98. The van der Waals surface area contributed by atoms with Crippen LogP contribution in [0.25, 0.3) is 11.1 Å². The van der Waals surface area contributed by atoms with Crippen molar-refractivity contribution in [1.29, 1.82) is 0 Å². The van der Waals surface area contributed by atoms with E-state index in [0.717, 1.165) is 28.2 Å². The van der Waals surface area contributed by atoms with E-state index in [1.54, 1.807) is 17.1 Å². The number of carbonyl (C=O) groups excluding carboxylic acids is 1. The first kappa shape index (κ1) is 18.9. The van der Waals surface area contributed by atoms with Crippen molar-refractivity contribution in [3.05, 3.63) is 78.5 Å². The van der Waals surface area contributed by atoms with E-state index in [2.05, 4.69) is 20.7 Å². The number of pyridine rings is 1. The Balaban J connectivity index is 1.66. The summed E-state index contributed by atoms with van der Waals surface area (Å²) in [6, 6.07) is 15.5. The summed E-state index contributed by atoms with van der Waals surface area (Å²) >= 11 is 0. The number of hydrogen-bond donors (Lipinski definition) is 2. The Hall–Kier alpha value is -4.07. The van der Waals surface area contributed by atoms with Gasteiger partial charge in [-0.1, -0.05) is 18.2 Å². The number of nitrogens with zero attached hydrogens (tertiary/aromatic N) is 4. The molecule has 0 atom stereocenters. The highest BCUT2D eigenvalue weighted by atomic mass is 16.5. The van der Waals surface area contributed by atoms with E-state index in [4.69, 9.17) is 4.74 Å². The number of benzene rings is 1. The van der Waals surface area contributed by atoms with E-state index >= 15 is 0 Å². The van der Waals surface area contributed by atoms with Crippen LogP contribution < -0.4 is 15.4 Å². The minimum Gasteiger partial charge on any atom is -0.470 e. The predicted molar refractivity (Wildman–Crippen MR) is 117 cm³/mol.